The van der Waals surface area contributed by atoms with E-state index in [9.17, 15) is 8.42 Å². The first-order chi connectivity index (χ1) is 7.96. The summed E-state index contributed by atoms with van der Waals surface area (Å²) in [4.78, 5) is 4.33. The zero-order valence-corrected chi connectivity index (χ0v) is 10.7. The van der Waals surface area contributed by atoms with E-state index in [1.54, 1.807) is 18.3 Å². The van der Waals surface area contributed by atoms with Gasteiger partial charge in [-0.1, -0.05) is 12.2 Å². The Bertz CT molecular complexity index is 525. The third-order valence-electron chi connectivity index (χ3n) is 2.62. The predicted molar refractivity (Wildman–Crippen MR) is 70.8 cm³/mol. The Hall–Kier alpha value is -1.21. The zero-order valence-electron chi connectivity index (χ0n) is 9.09. The second-order valence-electron chi connectivity index (χ2n) is 4.04. The van der Waals surface area contributed by atoms with E-state index in [2.05, 4.69) is 10.3 Å². The van der Waals surface area contributed by atoms with Crippen LogP contribution in [-0.4, -0.2) is 35.9 Å². The summed E-state index contributed by atoms with van der Waals surface area (Å²) in [5.41, 5.74) is 6.78. The van der Waals surface area contributed by atoms with Gasteiger partial charge in [0.25, 0.3) is 0 Å². The molecule has 0 aromatic carbocycles. The van der Waals surface area contributed by atoms with Crippen molar-refractivity contribution in [2.45, 2.75) is 12.5 Å². The average molecular weight is 271 g/mol. The normalized spacial score (nSPS) is 22.2. The summed E-state index contributed by atoms with van der Waals surface area (Å²) in [5.74, 6) is 0.438. The van der Waals surface area contributed by atoms with E-state index >= 15 is 0 Å². The molecule has 0 radical (unpaired) electrons. The number of pyridine rings is 1. The molecule has 0 amide bonds. The first kappa shape index (κ1) is 12.3. The van der Waals surface area contributed by atoms with Gasteiger partial charge in [0.2, 0.25) is 0 Å². The molecule has 1 aromatic rings. The van der Waals surface area contributed by atoms with E-state index in [0.717, 1.165) is 5.69 Å². The van der Waals surface area contributed by atoms with Crippen LogP contribution in [0.25, 0.3) is 0 Å². The van der Waals surface area contributed by atoms with Crippen LogP contribution in [0.2, 0.25) is 0 Å². The summed E-state index contributed by atoms with van der Waals surface area (Å²) in [6, 6.07) is 3.48. The van der Waals surface area contributed by atoms with Crippen molar-refractivity contribution in [3.63, 3.8) is 0 Å². The number of nitrogens with two attached hydrogens (primary N) is 1. The van der Waals surface area contributed by atoms with Crippen LogP contribution in [0.1, 0.15) is 12.1 Å². The van der Waals surface area contributed by atoms with Crippen LogP contribution >= 0.6 is 12.2 Å². The molecule has 0 spiro atoms. The van der Waals surface area contributed by atoms with Crippen molar-refractivity contribution in [2.24, 2.45) is 5.73 Å². The molecular weight excluding hydrogens is 258 g/mol. The van der Waals surface area contributed by atoms with E-state index in [1.165, 1.54) is 0 Å². The molecule has 1 aromatic heterocycles. The Morgan fingerprint density at radius 3 is 2.76 bits per heavy atom. The maximum absolute atomic E-state index is 11.3. The van der Waals surface area contributed by atoms with E-state index in [-0.39, 0.29) is 22.5 Å². The Morgan fingerprint density at radius 2 is 2.29 bits per heavy atom. The van der Waals surface area contributed by atoms with E-state index in [1.807, 2.05) is 0 Å². The molecule has 1 unspecified atom stereocenters. The van der Waals surface area contributed by atoms with Gasteiger partial charge in [-0.3, -0.25) is 4.98 Å². The fraction of sp³-hybridized carbons (Fsp3) is 0.400. The number of hydrogen-bond acceptors (Lipinski definition) is 5. The molecule has 3 N–H and O–H groups in total. The summed E-state index contributed by atoms with van der Waals surface area (Å²) in [6.45, 7) is 0. The van der Waals surface area contributed by atoms with Gasteiger partial charge in [-0.25, -0.2) is 8.42 Å². The summed E-state index contributed by atoms with van der Waals surface area (Å²) >= 11 is 4.79. The minimum atomic E-state index is -2.86. The Kier molecular flexibility index (Phi) is 3.30. The third kappa shape index (κ3) is 3.13. The van der Waals surface area contributed by atoms with Crippen molar-refractivity contribution >= 4 is 32.7 Å². The molecule has 2 heterocycles. The molecule has 0 bridgehead atoms. The molecule has 17 heavy (non-hydrogen) atoms. The van der Waals surface area contributed by atoms with Crippen LogP contribution < -0.4 is 11.1 Å². The van der Waals surface area contributed by atoms with Crippen molar-refractivity contribution in [1.29, 1.82) is 0 Å². The summed E-state index contributed by atoms with van der Waals surface area (Å²) < 4.78 is 22.6. The highest BCUT2D eigenvalue weighted by Gasteiger charge is 2.27. The van der Waals surface area contributed by atoms with Crippen molar-refractivity contribution in [1.82, 2.24) is 4.98 Å². The SMILES string of the molecule is NC(=S)c1ccc(NC2CCS(=O)(=O)C2)cn1. The lowest BCUT2D eigenvalue weighted by Gasteiger charge is -2.11. The standard InChI is InChI=1S/C10H13N3O2S2/c11-10(16)9-2-1-7(5-12-9)13-8-3-4-17(14,15)6-8/h1-2,5,8,13H,3-4,6H2,(H2,11,16). The van der Waals surface area contributed by atoms with Crippen LogP contribution in [0.4, 0.5) is 5.69 Å². The topological polar surface area (TPSA) is 85.1 Å². The molecule has 92 valence electrons. The van der Waals surface area contributed by atoms with Gasteiger partial charge < -0.3 is 11.1 Å². The Labute approximate surface area is 105 Å². The van der Waals surface area contributed by atoms with Crippen molar-refractivity contribution in [3.05, 3.63) is 24.0 Å². The molecule has 1 fully saturated rings. The zero-order chi connectivity index (χ0) is 12.5. The minimum Gasteiger partial charge on any atom is -0.388 e. The molecule has 0 aliphatic carbocycles. The van der Waals surface area contributed by atoms with Crippen LogP contribution in [0.5, 0.6) is 0 Å². The quantitative estimate of drug-likeness (QED) is 0.770. The van der Waals surface area contributed by atoms with Gasteiger partial charge in [0.15, 0.2) is 9.84 Å². The van der Waals surface area contributed by atoms with Gasteiger partial charge in [-0.05, 0) is 18.6 Å². The molecule has 5 nitrogen and oxygen atoms in total. The number of hydrogen-bond donors (Lipinski definition) is 2. The second-order valence-corrected chi connectivity index (χ2v) is 6.71. The number of nitrogens with zero attached hydrogens (tertiary/aromatic N) is 1. The minimum absolute atomic E-state index is 0.0301. The Morgan fingerprint density at radius 1 is 1.53 bits per heavy atom. The summed E-state index contributed by atoms with van der Waals surface area (Å²) in [5, 5.41) is 3.14. The van der Waals surface area contributed by atoms with Crippen molar-refractivity contribution < 1.29 is 8.42 Å². The van der Waals surface area contributed by atoms with Crippen molar-refractivity contribution in [3.8, 4) is 0 Å². The van der Waals surface area contributed by atoms with Crippen molar-refractivity contribution in [2.75, 3.05) is 16.8 Å². The van der Waals surface area contributed by atoms with Gasteiger partial charge >= 0.3 is 0 Å². The molecule has 1 atom stereocenters. The molecule has 0 saturated carbocycles. The van der Waals surface area contributed by atoms with Crippen LogP contribution in [-0.2, 0) is 9.84 Å². The van der Waals surface area contributed by atoms with Crippen LogP contribution in [0.3, 0.4) is 0 Å². The highest BCUT2D eigenvalue weighted by molar-refractivity contribution is 7.91. The number of anilines is 1. The maximum atomic E-state index is 11.3. The molecule has 1 saturated heterocycles. The molecule has 2 rings (SSSR count). The lowest BCUT2D eigenvalue weighted by molar-refractivity contribution is 0.602. The van der Waals surface area contributed by atoms with Gasteiger partial charge in [-0.15, -0.1) is 0 Å². The fourth-order valence-corrected chi connectivity index (χ4v) is 3.56. The lowest BCUT2D eigenvalue weighted by atomic mass is 10.2. The van der Waals surface area contributed by atoms with Crippen LogP contribution in [0.15, 0.2) is 18.3 Å². The highest BCUT2D eigenvalue weighted by atomic mass is 32.2. The number of aromatic nitrogens is 1. The largest absolute Gasteiger partial charge is 0.388 e. The van der Waals surface area contributed by atoms with E-state index in [4.69, 9.17) is 18.0 Å². The van der Waals surface area contributed by atoms with E-state index in [0.29, 0.717) is 12.1 Å². The maximum Gasteiger partial charge on any atom is 0.152 e. The number of nitrogens with one attached hydrogen (secondary N) is 1. The summed E-state index contributed by atoms with van der Waals surface area (Å²) in [6.07, 6.45) is 2.25. The molecule has 1 aliphatic rings. The van der Waals surface area contributed by atoms with Gasteiger partial charge in [0.05, 0.1) is 29.1 Å². The smallest absolute Gasteiger partial charge is 0.152 e. The molecule has 7 heteroatoms. The molecular formula is C10H13N3O2S2. The first-order valence-electron chi connectivity index (χ1n) is 5.19. The van der Waals surface area contributed by atoms with Gasteiger partial charge in [0.1, 0.15) is 4.99 Å². The Balaban J connectivity index is 2.03. The number of rotatable bonds is 3. The predicted octanol–water partition coefficient (Wildman–Crippen LogP) is 0.315. The second kappa shape index (κ2) is 4.58. The first-order valence-corrected chi connectivity index (χ1v) is 7.42. The van der Waals surface area contributed by atoms with Crippen LogP contribution in [0, 0.1) is 0 Å². The number of sulfone groups is 1. The lowest BCUT2D eigenvalue weighted by Crippen LogP contribution is -2.21. The third-order valence-corrected chi connectivity index (χ3v) is 4.60. The molecule has 1 aliphatic heterocycles. The highest BCUT2D eigenvalue weighted by Crippen LogP contribution is 2.16. The van der Waals surface area contributed by atoms with Gasteiger partial charge in [0, 0.05) is 6.04 Å². The number of thiocarbonyl (C=S) groups is 1. The summed E-state index contributed by atoms with van der Waals surface area (Å²) in [7, 11) is -2.86. The van der Waals surface area contributed by atoms with Gasteiger partial charge in [-0.2, -0.15) is 0 Å². The van der Waals surface area contributed by atoms with E-state index < -0.39 is 9.84 Å². The average Bonchev–Trinajstić information content (AvgIpc) is 2.59. The monoisotopic (exact) mass is 271 g/mol. The fourth-order valence-electron chi connectivity index (χ4n) is 1.77.